The molecule has 0 bridgehead atoms. The molecule has 5 unspecified atom stereocenters. The largest absolute Gasteiger partial charge is 0.492 e. The van der Waals surface area contributed by atoms with Gasteiger partial charge < -0.3 is 9.63 Å². The molecule has 15 nitrogen and oxygen atoms in total. The van der Waals surface area contributed by atoms with Gasteiger partial charge in [-0.1, -0.05) is 0 Å². The summed E-state index contributed by atoms with van der Waals surface area (Å²) in [6.07, 6.45) is -3.08. The van der Waals surface area contributed by atoms with Crippen molar-refractivity contribution in [2.45, 2.75) is 31.3 Å². The second-order valence-electron chi connectivity index (χ2n) is 6.61. The molecule has 1 aromatic heterocycles. The molecule has 1 fully saturated rings. The Morgan fingerprint density at radius 2 is 1.76 bits per heavy atom. The summed E-state index contributed by atoms with van der Waals surface area (Å²) in [5.74, 6) is -1.37. The van der Waals surface area contributed by atoms with E-state index in [2.05, 4.69) is 26.7 Å². The van der Waals surface area contributed by atoms with Gasteiger partial charge in [0.2, 0.25) is 5.82 Å². The smallest absolute Gasteiger partial charge is 0.349 e. The molecule has 20 heteroatoms. The molecular formula is C13H21F2N2O13P3. The van der Waals surface area contributed by atoms with Crippen LogP contribution in [0.1, 0.15) is 19.6 Å². The van der Waals surface area contributed by atoms with Gasteiger partial charge in [0.25, 0.3) is 5.56 Å². The number of phosphoric ester groups is 2. The van der Waals surface area contributed by atoms with Crippen LogP contribution in [0.5, 0.6) is 0 Å². The van der Waals surface area contributed by atoms with Crippen molar-refractivity contribution in [2.75, 3.05) is 27.9 Å². The number of hydrogen-bond acceptors (Lipinski definition) is 12. The lowest BCUT2D eigenvalue weighted by Crippen LogP contribution is -2.39. The summed E-state index contributed by atoms with van der Waals surface area (Å²) in [4.78, 5) is 34.5. The van der Waals surface area contributed by atoms with Crippen LogP contribution < -0.4 is 11.2 Å². The van der Waals surface area contributed by atoms with Crippen LogP contribution in [0, 0.1) is 5.82 Å². The number of nitrogens with one attached hydrogen (secondary N) is 1. The Morgan fingerprint density at radius 1 is 1.18 bits per heavy atom. The number of halogens is 2. The van der Waals surface area contributed by atoms with Crippen molar-refractivity contribution in [3.8, 4) is 0 Å². The average molecular weight is 544 g/mol. The van der Waals surface area contributed by atoms with E-state index in [0.717, 1.165) is 28.3 Å². The van der Waals surface area contributed by atoms with Gasteiger partial charge in [0.15, 0.2) is 11.9 Å². The van der Waals surface area contributed by atoms with Crippen LogP contribution >= 0.6 is 23.5 Å². The first-order valence-electron chi connectivity index (χ1n) is 8.72. The van der Waals surface area contributed by atoms with E-state index in [1.54, 1.807) is 4.98 Å². The number of phosphoric acid groups is 3. The molecule has 33 heavy (non-hydrogen) atoms. The Bertz CT molecular complexity index is 1110. The predicted octanol–water partition coefficient (Wildman–Crippen LogP) is 2.00. The molecule has 2 N–H and O–H groups in total. The van der Waals surface area contributed by atoms with E-state index in [1.165, 1.54) is 0 Å². The number of alkyl halides is 1. The fourth-order valence-corrected chi connectivity index (χ4v) is 6.82. The normalized spacial score (nSPS) is 27.2. The van der Waals surface area contributed by atoms with Gasteiger partial charge in [-0.2, -0.15) is 13.0 Å². The summed E-state index contributed by atoms with van der Waals surface area (Å²) < 4.78 is 97.2. The van der Waals surface area contributed by atoms with Crippen LogP contribution in [0.25, 0.3) is 0 Å². The van der Waals surface area contributed by atoms with E-state index in [0.29, 0.717) is 10.8 Å². The zero-order chi connectivity index (χ0) is 25.2. The van der Waals surface area contributed by atoms with Gasteiger partial charge in [-0.3, -0.25) is 32.4 Å². The molecule has 0 aliphatic carbocycles. The maximum absolute atomic E-state index is 15.0. The summed E-state index contributed by atoms with van der Waals surface area (Å²) in [6, 6.07) is 0. The summed E-state index contributed by atoms with van der Waals surface area (Å²) in [6.45, 7) is 0.155. The van der Waals surface area contributed by atoms with Crippen LogP contribution in [0.2, 0.25) is 0 Å². The Balaban J connectivity index is 2.11. The second-order valence-corrected chi connectivity index (χ2v) is 12.0. The molecule has 190 valence electrons. The lowest BCUT2D eigenvalue weighted by Gasteiger charge is -2.23. The third-order valence-electron chi connectivity index (χ3n) is 4.14. The maximum Gasteiger partial charge on any atom is 0.492 e. The Labute approximate surface area is 184 Å². The molecule has 2 heterocycles. The topological polar surface area (TPSA) is 191 Å². The highest BCUT2D eigenvalue weighted by Gasteiger charge is 2.49. The minimum atomic E-state index is -5.27. The van der Waals surface area contributed by atoms with Gasteiger partial charge in [0.05, 0.1) is 18.9 Å². The molecule has 0 spiro atoms. The minimum Gasteiger partial charge on any atom is -0.349 e. The van der Waals surface area contributed by atoms with Crippen LogP contribution in [-0.2, 0) is 45.1 Å². The van der Waals surface area contributed by atoms with Crippen molar-refractivity contribution in [1.29, 1.82) is 0 Å². The van der Waals surface area contributed by atoms with Crippen molar-refractivity contribution in [2.24, 2.45) is 0 Å². The van der Waals surface area contributed by atoms with E-state index in [1.807, 2.05) is 0 Å². The third kappa shape index (κ3) is 6.96. The fraction of sp³-hybridized carbons (Fsp3) is 0.692. The SMILES string of the molecule is COP(=O)(OC)OP(=O)(OC)OP(=O)(O)OCC1CC(C)(F)C(n2cc(F)c(=O)[nH]c2=O)O1. The van der Waals surface area contributed by atoms with Crippen molar-refractivity contribution >= 4 is 23.5 Å². The van der Waals surface area contributed by atoms with Gasteiger partial charge in [0.1, 0.15) is 0 Å². The summed E-state index contributed by atoms with van der Waals surface area (Å²) in [5, 5.41) is 0. The molecule has 0 radical (unpaired) electrons. The standard InChI is InChI=1S/C13H21F2N2O13P3/c1-13(15)5-8(28-11(13)17-6-9(14)10(18)16-12(17)19)7-27-31(20,21)29-33(23,26-4)30-32(22,24-2)25-3/h6,8,11H,5,7H2,1-4H3,(H,20,21)(H,16,18,19). The molecule has 2 rings (SSSR count). The molecule has 5 atom stereocenters. The molecule has 1 aliphatic heterocycles. The van der Waals surface area contributed by atoms with Crippen molar-refractivity contribution < 1.29 is 58.8 Å². The lowest BCUT2D eigenvalue weighted by molar-refractivity contribution is -0.0609. The number of rotatable bonds is 11. The molecule has 0 aromatic carbocycles. The first kappa shape index (κ1) is 28.1. The molecule has 0 amide bonds. The van der Waals surface area contributed by atoms with Crippen LogP contribution in [0.15, 0.2) is 15.8 Å². The summed E-state index contributed by atoms with van der Waals surface area (Å²) >= 11 is 0. The average Bonchev–Trinajstić information content (AvgIpc) is 3.03. The Hall–Kier alpha value is -1.09. The van der Waals surface area contributed by atoms with Gasteiger partial charge in [-0.25, -0.2) is 22.9 Å². The van der Waals surface area contributed by atoms with E-state index in [-0.39, 0.29) is 0 Å². The van der Waals surface area contributed by atoms with Crippen LogP contribution in [0.4, 0.5) is 8.78 Å². The third-order valence-corrected chi connectivity index (χ3v) is 9.18. The van der Waals surface area contributed by atoms with E-state index in [4.69, 9.17) is 4.74 Å². The number of aromatic amines is 1. The molecular weight excluding hydrogens is 523 g/mol. The van der Waals surface area contributed by atoms with E-state index >= 15 is 0 Å². The van der Waals surface area contributed by atoms with E-state index < -0.39 is 71.6 Å². The van der Waals surface area contributed by atoms with Crippen LogP contribution in [0.3, 0.4) is 0 Å². The first-order chi connectivity index (χ1) is 15.1. The monoisotopic (exact) mass is 544 g/mol. The lowest BCUT2D eigenvalue weighted by atomic mass is 10.0. The molecule has 1 aromatic rings. The highest BCUT2D eigenvalue weighted by atomic mass is 31.3. The highest BCUT2D eigenvalue weighted by Crippen LogP contribution is 2.71. The number of H-pyrrole nitrogens is 1. The van der Waals surface area contributed by atoms with Crippen molar-refractivity contribution in [3.05, 3.63) is 32.9 Å². The van der Waals surface area contributed by atoms with Gasteiger partial charge >= 0.3 is 29.2 Å². The number of hydrogen-bond donors (Lipinski definition) is 2. The summed E-state index contributed by atoms with van der Waals surface area (Å²) in [7, 11) is -12.3. The molecule has 1 aliphatic rings. The zero-order valence-corrected chi connectivity index (χ0v) is 20.2. The van der Waals surface area contributed by atoms with Gasteiger partial charge in [-0.05, 0) is 6.92 Å². The number of ether oxygens (including phenoxy) is 1. The molecule has 0 saturated carbocycles. The van der Waals surface area contributed by atoms with Crippen molar-refractivity contribution in [3.63, 3.8) is 0 Å². The Kier molecular flexibility index (Phi) is 8.75. The first-order valence-corrected chi connectivity index (χ1v) is 13.1. The second kappa shape index (κ2) is 10.3. The van der Waals surface area contributed by atoms with E-state index in [9.17, 15) is 37.0 Å². The van der Waals surface area contributed by atoms with Gasteiger partial charge in [-0.15, -0.1) is 0 Å². The highest BCUT2D eigenvalue weighted by molar-refractivity contribution is 7.67. The minimum absolute atomic E-state index is 0.447. The summed E-state index contributed by atoms with van der Waals surface area (Å²) in [5.41, 5.74) is -4.78. The van der Waals surface area contributed by atoms with Gasteiger partial charge in [0, 0.05) is 27.8 Å². The fourth-order valence-electron chi connectivity index (χ4n) is 2.68. The number of nitrogens with zero attached hydrogens (tertiary/aromatic N) is 1. The van der Waals surface area contributed by atoms with Crippen molar-refractivity contribution in [1.82, 2.24) is 9.55 Å². The Morgan fingerprint density at radius 3 is 2.30 bits per heavy atom. The predicted molar refractivity (Wildman–Crippen MR) is 104 cm³/mol. The quantitative estimate of drug-likeness (QED) is 0.385. The number of aromatic nitrogens is 2. The maximum atomic E-state index is 15.0. The molecule has 1 saturated heterocycles. The van der Waals surface area contributed by atoms with Crippen LogP contribution in [-0.4, -0.2) is 54.2 Å². The zero-order valence-electron chi connectivity index (χ0n) is 17.5.